The topological polar surface area (TPSA) is 80.2 Å². The third-order valence-electron chi connectivity index (χ3n) is 3.94. The maximum atomic E-state index is 11.9. The van der Waals surface area contributed by atoms with Gasteiger partial charge in [0, 0.05) is 22.8 Å². The van der Waals surface area contributed by atoms with Crippen LogP contribution in [-0.2, 0) is 11.3 Å². The maximum absolute atomic E-state index is 11.9. The molecule has 1 heterocycles. The number of hydrogen-bond donors (Lipinski definition) is 2. The molecule has 7 heteroatoms. The molecule has 1 saturated carbocycles. The molecule has 1 aromatic heterocycles. The average molecular weight is 370 g/mol. The number of carbonyl (C=O) groups is 2. The van der Waals surface area contributed by atoms with Crippen molar-refractivity contribution in [1.29, 1.82) is 0 Å². The number of pyridine rings is 1. The smallest absolute Gasteiger partial charge is 0.321 e. The molecule has 6 nitrogen and oxygen atoms in total. The van der Waals surface area contributed by atoms with E-state index in [9.17, 15) is 14.4 Å². The van der Waals surface area contributed by atoms with E-state index in [1.807, 2.05) is 0 Å². The van der Waals surface area contributed by atoms with E-state index in [0.717, 1.165) is 19.3 Å². The van der Waals surface area contributed by atoms with E-state index in [1.54, 1.807) is 6.07 Å². The number of nitrogens with zero attached hydrogens (tertiary/aromatic N) is 1. The first-order valence-electron chi connectivity index (χ1n) is 7.42. The number of amides is 3. The lowest BCUT2D eigenvalue weighted by atomic mass is 9.86. The number of nitrogens with one attached hydrogen (secondary N) is 2. The van der Waals surface area contributed by atoms with Crippen molar-refractivity contribution in [3.8, 4) is 0 Å². The fourth-order valence-corrected chi connectivity index (χ4v) is 3.06. The predicted molar refractivity (Wildman–Crippen MR) is 86.5 cm³/mol. The molecule has 2 rings (SSSR count). The van der Waals surface area contributed by atoms with Gasteiger partial charge in [-0.3, -0.25) is 14.9 Å². The Bertz CT molecular complexity index is 614. The first kappa shape index (κ1) is 16.7. The van der Waals surface area contributed by atoms with Gasteiger partial charge in [-0.1, -0.05) is 19.8 Å². The first-order chi connectivity index (χ1) is 10.5. The molecule has 0 saturated heterocycles. The standard InChI is InChI=1S/C15H20BrN3O3/c1-10-4-2-3-5-12(10)17-15(22)18-13(20)9-19-8-11(16)6-7-14(19)21/h6-8,10,12H,2-5,9H2,1H3,(H2,17,18,20,22). The maximum Gasteiger partial charge on any atom is 0.321 e. The van der Waals surface area contributed by atoms with Gasteiger partial charge in [0.1, 0.15) is 6.54 Å². The van der Waals surface area contributed by atoms with E-state index < -0.39 is 11.9 Å². The Kier molecular flexibility index (Phi) is 5.76. The number of urea groups is 1. The molecule has 0 radical (unpaired) electrons. The zero-order valence-corrected chi connectivity index (χ0v) is 14.1. The first-order valence-corrected chi connectivity index (χ1v) is 8.21. The largest absolute Gasteiger partial charge is 0.335 e. The van der Waals surface area contributed by atoms with Crippen molar-refractivity contribution in [2.45, 2.75) is 45.2 Å². The Morgan fingerprint density at radius 3 is 2.77 bits per heavy atom. The minimum atomic E-state index is -0.513. The van der Waals surface area contributed by atoms with E-state index >= 15 is 0 Å². The van der Waals surface area contributed by atoms with Crippen molar-refractivity contribution in [2.24, 2.45) is 5.92 Å². The van der Waals surface area contributed by atoms with Crippen molar-refractivity contribution >= 4 is 27.9 Å². The molecule has 1 aliphatic rings. The zero-order chi connectivity index (χ0) is 16.1. The molecule has 1 fully saturated rings. The van der Waals surface area contributed by atoms with E-state index in [4.69, 9.17) is 0 Å². The summed E-state index contributed by atoms with van der Waals surface area (Å²) in [6, 6.07) is 2.58. The molecule has 0 aromatic carbocycles. The number of hydrogen-bond acceptors (Lipinski definition) is 3. The van der Waals surface area contributed by atoms with Crippen LogP contribution in [0.15, 0.2) is 27.6 Å². The molecule has 0 aliphatic heterocycles. The summed E-state index contributed by atoms with van der Waals surface area (Å²) < 4.78 is 1.94. The van der Waals surface area contributed by atoms with Crippen LogP contribution in [0.4, 0.5) is 4.79 Å². The number of rotatable bonds is 3. The summed E-state index contributed by atoms with van der Waals surface area (Å²) >= 11 is 3.24. The van der Waals surface area contributed by atoms with Crippen LogP contribution in [0.1, 0.15) is 32.6 Å². The Morgan fingerprint density at radius 2 is 2.05 bits per heavy atom. The summed E-state index contributed by atoms with van der Waals surface area (Å²) in [4.78, 5) is 35.3. The molecule has 3 amide bonds. The van der Waals surface area contributed by atoms with Gasteiger partial charge in [-0.05, 0) is 40.8 Å². The molecule has 120 valence electrons. The average Bonchev–Trinajstić information content (AvgIpc) is 2.45. The van der Waals surface area contributed by atoms with Crippen LogP contribution in [0.2, 0.25) is 0 Å². The van der Waals surface area contributed by atoms with Crippen LogP contribution in [-0.4, -0.2) is 22.5 Å². The predicted octanol–water partition coefficient (Wildman–Crippen LogP) is 2.02. The normalized spacial score (nSPS) is 21.2. The summed E-state index contributed by atoms with van der Waals surface area (Å²) in [6.45, 7) is 1.92. The zero-order valence-electron chi connectivity index (χ0n) is 12.5. The van der Waals surface area contributed by atoms with Gasteiger partial charge in [0.15, 0.2) is 0 Å². The van der Waals surface area contributed by atoms with Crippen LogP contribution in [0.25, 0.3) is 0 Å². The quantitative estimate of drug-likeness (QED) is 0.854. The molecular weight excluding hydrogens is 350 g/mol. The molecule has 2 N–H and O–H groups in total. The van der Waals surface area contributed by atoms with Crippen LogP contribution in [0.3, 0.4) is 0 Å². The van der Waals surface area contributed by atoms with Gasteiger partial charge >= 0.3 is 6.03 Å². The highest BCUT2D eigenvalue weighted by molar-refractivity contribution is 9.10. The van der Waals surface area contributed by atoms with Crippen molar-refractivity contribution in [3.05, 3.63) is 33.2 Å². The molecule has 22 heavy (non-hydrogen) atoms. The third-order valence-corrected chi connectivity index (χ3v) is 4.41. The number of aromatic nitrogens is 1. The number of imide groups is 1. The highest BCUT2D eigenvalue weighted by Crippen LogP contribution is 2.23. The minimum Gasteiger partial charge on any atom is -0.335 e. The van der Waals surface area contributed by atoms with E-state index in [2.05, 4.69) is 33.5 Å². The Balaban J connectivity index is 1.87. The monoisotopic (exact) mass is 369 g/mol. The van der Waals surface area contributed by atoms with Crippen molar-refractivity contribution < 1.29 is 9.59 Å². The summed E-state index contributed by atoms with van der Waals surface area (Å²) in [7, 11) is 0. The van der Waals surface area contributed by atoms with Crippen molar-refractivity contribution in [1.82, 2.24) is 15.2 Å². The second-order valence-electron chi connectivity index (χ2n) is 5.70. The second-order valence-corrected chi connectivity index (χ2v) is 6.62. The molecule has 0 bridgehead atoms. The van der Waals surface area contributed by atoms with Crippen molar-refractivity contribution in [2.75, 3.05) is 0 Å². The molecule has 1 aliphatic carbocycles. The van der Waals surface area contributed by atoms with E-state index in [0.29, 0.717) is 10.4 Å². The summed E-state index contributed by atoms with van der Waals surface area (Å²) in [5, 5.41) is 5.12. The van der Waals surface area contributed by atoms with E-state index in [-0.39, 0.29) is 18.1 Å². The molecular formula is C15H20BrN3O3. The molecule has 2 unspecified atom stereocenters. The highest BCUT2D eigenvalue weighted by atomic mass is 79.9. The van der Waals surface area contributed by atoms with Crippen LogP contribution in [0, 0.1) is 5.92 Å². The lowest BCUT2D eigenvalue weighted by molar-refractivity contribution is -0.120. The molecule has 2 atom stereocenters. The minimum absolute atomic E-state index is 0.107. The Labute approximate surface area is 137 Å². The Morgan fingerprint density at radius 1 is 1.32 bits per heavy atom. The van der Waals surface area contributed by atoms with Gasteiger partial charge in [-0.25, -0.2) is 4.79 Å². The van der Waals surface area contributed by atoms with Gasteiger partial charge in [-0.15, -0.1) is 0 Å². The van der Waals surface area contributed by atoms with Gasteiger partial charge in [0.2, 0.25) is 5.91 Å². The SMILES string of the molecule is CC1CCCCC1NC(=O)NC(=O)Cn1cc(Br)ccc1=O. The van der Waals surface area contributed by atoms with Crippen molar-refractivity contribution in [3.63, 3.8) is 0 Å². The second kappa shape index (κ2) is 7.58. The van der Waals surface area contributed by atoms with Gasteiger partial charge < -0.3 is 9.88 Å². The van der Waals surface area contributed by atoms with E-state index in [1.165, 1.54) is 23.3 Å². The molecule has 0 spiro atoms. The fourth-order valence-electron chi connectivity index (χ4n) is 2.68. The van der Waals surface area contributed by atoms with Crippen LogP contribution >= 0.6 is 15.9 Å². The summed E-state index contributed by atoms with van der Waals surface area (Å²) in [5.41, 5.74) is -0.292. The van der Waals surface area contributed by atoms with Crippen LogP contribution in [0.5, 0.6) is 0 Å². The number of halogens is 1. The Hall–Kier alpha value is -1.63. The summed E-state index contributed by atoms with van der Waals surface area (Å²) in [5.74, 6) is -0.0940. The highest BCUT2D eigenvalue weighted by Gasteiger charge is 2.23. The van der Waals surface area contributed by atoms with Gasteiger partial charge in [0.05, 0.1) is 0 Å². The lowest BCUT2D eigenvalue weighted by Gasteiger charge is -2.29. The van der Waals surface area contributed by atoms with Gasteiger partial charge in [-0.2, -0.15) is 0 Å². The molecule has 1 aromatic rings. The lowest BCUT2D eigenvalue weighted by Crippen LogP contribution is -2.48. The fraction of sp³-hybridized carbons (Fsp3) is 0.533. The van der Waals surface area contributed by atoms with Crippen LogP contribution < -0.4 is 16.2 Å². The number of carbonyl (C=O) groups excluding carboxylic acids is 2. The van der Waals surface area contributed by atoms with Gasteiger partial charge in [0.25, 0.3) is 5.56 Å². The third kappa shape index (κ3) is 4.69. The summed E-state index contributed by atoms with van der Waals surface area (Å²) in [6.07, 6.45) is 5.82.